The fraction of sp³-hybridized carbons (Fsp3) is 0.480. The van der Waals surface area contributed by atoms with E-state index < -0.39 is 6.10 Å². The van der Waals surface area contributed by atoms with Crippen LogP contribution >= 0.6 is 0 Å². The van der Waals surface area contributed by atoms with Gasteiger partial charge in [0.25, 0.3) is 5.91 Å². The smallest absolute Gasteiger partial charge is 0.268 e. The highest BCUT2D eigenvalue weighted by atomic mass is 16.5. The summed E-state index contributed by atoms with van der Waals surface area (Å²) < 4.78 is 17.5. The molecule has 0 bridgehead atoms. The Morgan fingerprint density at radius 2 is 1.68 bits per heavy atom. The highest BCUT2D eigenvalue weighted by molar-refractivity contribution is 5.99. The predicted molar refractivity (Wildman–Crippen MR) is 123 cm³/mol. The molecule has 0 saturated carbocycles. The zero-order valence-electron chi connectivity index (χ0n) is 18.9. The Hall–Kier alpha value is -2.89. The third-order valence-corrected chi connectivity index (χ3v) is 5.61. The Bertz CT molecular complexity index is 916. The van der Waals surface area contributed by atoms with Gasteiger partial charge in [-0.3, -0.25) is 4.79 Å². The van der Waals surface area contributed by atoms with E-state index in [-0.39, 0.29) is 11.3 Å². The van der Waals surface area contributed by atoms with E-state index >= 15 is 0 Å². The summed E-state index contributed by atoms with van der Waals surface area (Å²) in [6.45, 7) is 9.78. The first-order chi connectivity index (χ1) is 14.8. The van der Waals surface area contributed by atoms with E-state index in [0.717, 1.165) is 24.5 Å². The summed E-state index contributed by atoms with van der Waals surface area (Å²) in [6.07, 6.45) is 1.42. The van der Waals surface area contributed by atoms with Gasteiger partial charge >= 0.3 is 0 Å². The van der Waals surface area contributed by atoms with Gasteiger partial charge in [0, 0.05) is 43.5 Å². The average molecular weight is 425 g/mol. The zero-order valence-corrected chi connectivity index (χ0v) is 18.9. The van der Waals surface area contributed by atoms with Crippen LogP contribution in [0.4, 0.5) is 11.4 Å². The van der Waals surface area contributed by atoms with Gasteiger partial charge in [-0.25, -0.2) is 0 Å². The lowest BCUT2D eigenvalue weighted by atomic mass is 9.99. The molecule has 2 aliphatic rings. The molecular formula is C25H32N2O4. The molecule has 0 N–H and O–H groups in total. The van der Waals surface area contributed by atoms with Crippen molar-refractivity contribution in [2.75, 3.05) is 43.2 Å². The van der Waals surface area contributed by atoms with Crippen molar-refractivity contribution in [2.24, 2.45) is 5.41 Å². The van der Waals surface area contributed by atoms with Gasteiger partial charge in [0.1, 0.15) is 5.75 Å². The summed E-state index contributed by atoms with van der Waals surface area (Å²) in [5.41, 5.74) is 2.05. The van der Waals surface area contributed by atoms with Gasteiger partial charge in [0.15, 0.2) is 17.6 Å². The molecule has 6 heteroatoms. The highest BCUT2D eigenvalue weighted by Crippen LogP contribution is 2.35. The maximum atomic E-state index is 13.0. The quantitative estimate of drug-likeness (QED) is 0.654. The van der Waals surface area contributed by atoms with Crippen LogP contribution < -0.4 is 24.0 Å². The number of anilines is 2. The van der Waals surface area contributed by atoms with Crippen LogP contribution in [0.2, 0.25) is 0 Å². The van der Waals surface area contributed by atoms with Crippen LogP contribution in [-0.2, 0) is 4.79 Å². The van der Waals surface area contributed by atoms with Crippen molar-refractivity contribution in [3.05, 3.63) is 42.5 Å². The Kier molecular flexibility index (Phi) is 5.99. The molecule has 2 aromatic rings. The first-order valence-corrected chi connectivity index (χ1v) is 11.0. The molecule has 1 unspecified atom stereocenters. The third kappa shape index (κ3) is 4.89. The van der Waals surface area contributed by atoms with Crippen LogP contribution in [0.3, 0.4) is 0 Å². The number of hydrogen-bond acceptors (Lipinski definition) is 5. The van der Waals surface area contributed by atoms with Crippen LogP contribution in [0, 0.1) is 5.41 Å². The number of nitrogens with zero attached hydrogens (tertiary/aromatic N) is 2. The van der Waals surface area contributed by atoms with Crippen molar-refractivity contribution in [1.29, 1.82) is 0 Å². The van der Waals surface area contributed by atoms with Crippen molar-refractivity contribution in [3.8, 4) is 17.2 Å². The summed E-state index contributed by atoms with van der Waals surface area (Å²) in [5.74, 6) is 2.01. The van der Waals surface area contributed by atoms with Gasteiger partial charge in [0.2, 0.25) is 0 Å². The fourth-order valence-electron chi connectivity index (χ4n) is 3.73. The average Bonchev–Trinajstić information content (AvgIpc) is 3.06. The number of amides is 1. The summed E-state index contributed by atoms with van der Waals surface area (Å²) in [7, 11) is 1.62. The standard InChI is InChI=1S/C25H32N2O4/c1-25(2,3)17-30-21-11-8-19(16-23(21)29-4)27-15-12-22(24(27)28)31-20-9-6-18(7-10-20)26-13-5-14-26/h6-11,16,22H,5,12-15,17H2,1-4H3. The van der Waals surface area contributed by atoms with Crippen LogP contribution in [0.15, 0.2) is 42.5 Å². The summed E-state index contributed by atoms with van der Waals surface area (Å²) in [6, 6.07) is 13.7. The number of benzene rings is 2. The second-order valence-corrected chi connectivity index (χ2v) is 9.40. The molecule has 6 nitrogen and oxygen atoms in total. The first kappa shape index (κ1) is 21.3. The number of carbonyl (C=O) groups excluding carboxylic acids is 1. The van der Waals surface area contributed by atoms with E-state index in [0.29, 0.717) is 31.1 Å². The molecule has 0 aromatic heterocycles. The van der Waals surface area contributed by atoms with Crippen LogP contribution in [0.25, 0.3) is 0 Å². The van der Waals surface area contributed by atoms with Gasteiger partial charge in [-0.05, 0) is 48.2 Å². The minimum absolute atomic E-state index is 0.0303. The lowest BCUT2D eigenvalue weighted by molar-refractivity contribution is -0.122. The molecule has 2 heterocycles. The Morgan fingerprint density at radius 1 is 0.968 bits per heavy atom. The molecule has 2 saturated heterocycles. The lowest BCUT2D eigenvalue weighted by Crippen LogP contribution is -2.36. The van der Waals surface area contributed by atoms with Crippen molar-refractivity contribution in [3.63, 3.8) is 0 Å². The van der Waals surface area contributed by atoms with E-state index in [4.69, 9.17) is 14.2 Å². The topological polar surface area (TPSA) is 51.2 Å². The Morgan fingerprint density at radius 3 is 2.29 bits per heavy atom. The molecule has 0 aliphatic carbocycles. The normalized spacial score (nSPS) is 18.7. The highest BCUT2D eigenvalue weighted by Gasteiger charge is 2.34. The molecular weight excluding hydrogens is 392 g/mol. The van der Waals surface area contributed by atoms with Crippen molar-refractivity contribution < 1.29 is 19.0 Å². The minimum atomic E-state index is -0.474. The SMILES string of the molecule is COc1cc(N2CCC(Oc3ccc(N4CCC4)cc3)C2=O)ccc1OCC(C)(C)C. The molecule has 0 spiro atoms. The minimum Gasteiger partial charge on any atom is -0.493 e. The van der Waals surface area contributed by atoms with E-state index in [1.807, 2.05) is 30.3 Å². The molecule has 2 fully saturated rings. The molecule has 2 aliphatic heterocycles. The van der Waals surface area contributed by atoms with E-state index in [9.17, 15) is 4.79 Å². The summed E-state index contributed by atoms with van der Waals surface area (Å²) in [4.78, 5) is 17.1. The van der Waals surface area contributed by atoms with Gasteiger partial charge in [-0.1, -0.05) is 20.8 Å². The summed E-state index contributed by atoms with van der Waals surface area (Å²) in [5, 5.41) is 0. The van der Waals surface area contributed by atoms with Crippen molar-refractivity contribution >= 4 is 17.3 Å². The fourth-order valence-corrected chi connectivity index (χ4v) is 3.73. The third-order valence-electron chi connectivity index (χ3n) is 5.61. The molecule has 0 radical (unpaired) electrons. The first-order valence-electron chi connectivity index (χ1n) is 11.0. The van der Waals surface area contributed by atoms with E-state index in [2.05, 4.69) is 37.8 Å². The number of rotatable bonds is 7. The number of ether oxygens (including phenoxy) is 3. The second kappa shape index (κ2) is 8.69. The monoisotopic (exact) mass is 424 g/mol. The largest absolute Gasteiger partial charge is 0.493 e. The van der Waals surface area contributed by atoms with E-state index in [1.54, 1.807) is 12.0 Å². The molecule has 1 atom stereocenters. The maximum absolute atomic E-state index is 13.0. The summed E-state index contributed by atoms with van der Waals surface area (Å²) >= 11 is 0. The molecule has 4 rings (SSSR count). The van der Waals surface area contributed by atoms with Gasteiger partial charge in [-0.2, -0.15) is 0 Å². The number of carbonyl (C=O) groups is 1. The predicted octanol–water partition coefficient (Wildman–Crippen LogP) is 4.51. The lowest BCUT2D eigenvalue weighted by Gasteiger charge is -2.33. The van der Waals surface area contributed by atoms with Crippen molar-refractivity contribution in [1.82, 2.24) is 0 Å². The van der Waals surface area contributed by atoms with Gasteiger partial charge in [-0.15, -0.1) is 0 Å². The van der Waals surface area contributed by atoms with Crippen LogP contribution in [0.5, 0.6) is 17.2 Å². The van der Waals surface area contributed by atoms with Gasteiger partial charge in [0.05, 0.1) is 13.7 Å². The van der Waals surface area contributed by atoms with E-state index in [1.165, 1.54) is 12.1 Å². The maximum Gasteiger partial charge on any atom is 0.268 e. The molecule has 2 aromatic carbocycles. The Labute approximate surface area is 184 Å². The zero-order chi connectivity index (χ0) is 22.0. The van der Waals surface area contributed by atoms with Crippen molar-refractivity contribution in [2.45, 2.75) is 39.7 Å². The number of hydrogen-bond donors (Lipinski definition) is 0. The van der Waals surface area contributed by atoms with Crippen LogP contribution in [0.1, 0.15) is 33.6 Å². The Balaban J connectivity index is 1.41. The molecule has 1 amide bonds. The number of methoxy groups -OCH3 is 1. The van der Waals surface area contributed by atoms with Crippen LogP contribution in [-0.4, -0.2) is 45.4 Å². The molecule has 31 heavy (non-hydrogen) atoms. The second-order valence-electron chi connectivity index (χ2n) is 9.40. The molecule has 166 valence electrons. The van der Waals surface area contributed by atoms with Gasteiger partial charge < -0.3 is 24.0 Å².